The standard InChI is InChI=1S/C13H14FNO2/c1-9-7-11-8-12(14)3-4-13(11)15(9)5-6-17-10(2)16/h3-4,7-8H,5-6H2,1-2H3. The largest absolute Gasteiger partial charge is 0.464 e. The van der Waals surface area contributed by atoms with Crippen LogP contribution in [-0.2, 0) is 16.1 Å². The monoisotopic (exact) mass is 235 g/mol. The highest BCUT2D eigenvalue weighted by atomic mass is 19.1. The van der Waals surface area contributed by atoms with Crippen LogP contribution in [0.3, 0.4) is 0 Å². The molecule has 2 aromatic rings. The van der Waals surface area contributed by atoms with Gasteiger partial charge in [0.2, 0.25) is 0 Å². The van der Waals surface area contributed by atoms with E-state index in [4.69, 9.17) is 4.74 Å². The van der Waals surface area contributed by atoms with Gasteiger partial charge in [0.25, 0.3) is 0 Å². The summed E-state index contributed by atoms with van der Waals surface area (Å²) in [5.74, 6) is -0.528. The summed E-state index contributed by atoms with van der Waals surface area (Å²) in [6.45, 7) is 4.25. The molecule has 3 nitrogen and oxygen atoms in total. The molecule has 0 bridgehead atoms. The Hall–Kier alpha value is -1.84. The average molecular weight is 235 g/mol. The second-order valence-electron chi connectivity index (χ2n) is 3.98. The molecule has 0 aliphatic heterocycles. The van der Waals surface area contributed by atoms with Crippen molar-refractivity contribution in [2.75, 3.05) is 6.61 Å². The van der Waals surface area contributed by atoms with Crippen LogP contribution in [0.15, 0.2) is 24.3 Å². The molecule has 0 N–H and O–H groups in total. The first-order valence-corrected chi connectivity index (χ1v) is 5.46. The van der Waals surface area contributed by atoms with E-state index in [1.165, 1.54) is 19.1 Å². The number of rotatable bonds is 3. The van der Waals surface area contributed by atoms with Gasteiger partial charge in [0.15, 0.2) is 0 Å². The second kappa shape index (κ2) is 4.57. The Labute approximate surface area is 98.8 Å². The van der Waals surface area contributed by atoms with E-state index in [0.717, 1.165) is 16.6 Å². The van der Waals surface area contributed by atoms with Crippen molar-refractivity contribution >= 4 is 16.9 Å². The zero-order chi connectivity index (χ0) is 12.4. The van der Waals surface area contributed by atoms with Crippen LogP contribution in [0.4, 0.5) is 4.39 Å². The lowest BCUT2D eigenvalue weighted by Gasteiger charge is -2.08. The first-order valence-electron chi connectivity index (χ1n) is 5.46. The molecule has 0 aliphatic rings. The Balaban J connectivity index is 2.27. The predicted molar refractivity (Wildman–Crippen MR) is 63.3 cm³/mol. The van der Waals surface area contributed by atoms with E-state index in [9.17, 15) is 9.18 Å². The molecule has 1 aromatic carbocycles. The lowest BCUT2D eigenvalue weighted by Crippen LogP contribution is -2.09. The van der Waals surface area contributed by atoms with Crippen molar-refractivity contribution < 1.29 is 13.9 Å². The van der Waals surface area contributed by atoms with Crippen LogP contribution in [-0.4, -0.2) is 17.1 Å². The fraction of sp³-hybridized carbons (Fsp3) is 0.308. The van der Waals surface area contributed by atoms with Gasteiger partial charge in [0.1, 0.15) is 12.4 Å². The molecule has 0 saturated carbocycles. The first kappa shape index (κ1) is 11.6. The summed E-state index contributed by atoms with van der Waals surface area (Å²) in [4.78, 5) is 10.7. The third-order valence-electron chi connectivity index (χ3n) is 2.69. The fourth-order valence-corrected chi connectivity index (χ4v) is 1.96. The average Bonchev–Trinajstić information content (AvgIpc) is 2.54. The number of hydrogen-bond donors (Lipinski definition) is 0. The summed E-state index contributed by atoms with van der Waals surface area (Å²) in [5, 5.41) is 0.866. The van der Waals surface area contributed by atoms with E-state index in [2.05, 4.69) is 0 Å². The van der Waals surface area contributed by atoms with Crippen molar-refractivity contribution in [1.82, 2.24) is 4.57 Å². The van der Waals surface area contributed by atoms with Crippen molar-refractivity contribution in [2.24, 2.45) is 0 Å². The van der Waals surface area contributed by atoms with Crippen LogP contribution in [0.25, 0.3) is 10.9 Å². The first-order chi connectivity index (χ1) is 8.08. The molecule has 0 atom stereocenters. The van der Waals surface area contributed by atoms with E-state index in [-0.39, 0.29) is 11.8 Å². The molecule has 4 heteroatoms. The Bertz CT molecular complexity index is 560. The maximum Gasteiger partial charge on any atom is 0.302 e. The van der Waals surface area contributed by atoms with Gasteiger partial charge in [0.05, 0.1) is 6.54 Å². The van der Waals surface area contributed by atoms with E-state index in [1.54, 1.807) is 6.07 Å². The quantitative estimate of drug-likeness (QED) is 0.766. The van der Waals surface area contributed by atoms with Gasteiger partial charge in [-0.15, -0.1) is 0 Å². The van der Waals surface area contributed by atoms with Gasteiger partial charge in [-0.2, -0.15) is 0 Å². The fourth-order valence-electron chi connectivity index (χ4n) is 1.96. The molecule has 1 heterocycles. The maximum atomic E-state index is 13.1. The smallest absolute Gasteiger partial charge is 0.302 e. The minimum absolute atomic E-state index is 0.241. The third kappa shape index (κ3) is 2.46. The van der Waals surface area contributed by atoms with E-state index >= 15 is 0 Å². The predicted octanol–water partition coefficient (Wildman–Crippen LogP) is 2.65. The number of carbonyl (C=O) groups excluding carboxylic acids is 1. The number of aryl methyl sites for hydroxylation is 1. The Morgan fingerprint density at radius 2 is 2.18 bits per heavy atom. The molecule has 0 radical (unpaired) electrons. The van der Waals surface area contributed by atoms with Crippen molar-refractivity contribution in [3.63, 3.8) is 0 Å². The maximum absolute atomic E-state index is 13.1. The van der Waals surface area contributed by atoms with E-state index in [0.29, 0.717) is 13.2 Å². The van der Waals surface area contributed by atoms with Gasteiger partial charge in [-0.25, -0.2) is 4.39 Å². The summed E-state index contributed by atoms with van der Waals surface area (Å²) < 4.78 is 20.0. The number of carbonyl (C=O) groups is 1. The summed E-state index contributed by atoms with van der Waals surface area (Å²) in [5.41, 5.74) is 1.98. The van der Waals surface area contributed by atoms with Crippen LogP contribution in [0.2, 0.25) is 0 Å². The number of benzene rings is 1. The van der Waals surface area contributed by atoms with Crippen LogP contribution in [0.5, 0.6) is 0 Å². The minimum atomic E-state index is -0.287. The molecule has 0 amide bonds. The van der Waals surface area contributed by atoms with Gasteiger partial charge in [-0.05, 0) is 31.2 Å². The number of hydrogen-bond acceptors (Lipinski definition) is 2. The third-order valence-corrected chi connectivity index (χ3v) is 2.69. The second-order valence-corrected chi connectivity index (χ2v) is 3.98. The Kier molecular flexibility index (Phi) is 3.13. The molecule has 0 aliphatic carbocycles. The number of aromatic nitrogens is 1. The molecular formula is C13H14FNO2. The number of fused-ring (bicyclic) bond motifs is 1. The Morgan fingerprint density at radius 1 is 1.41 bits per heavy atom. The molecule has 2 rings (SSSR count). The molecule has 1 aromatic heterocycles. The summed E-state index contributed by atoms with van der Waals surface area (Å²) >= 11 is 0. The normalized spacial score (nSPS) is 10.8. The van der Waals surface area contributed by atoms with Crippen LogP contribution < -0.4 is 0 Å². The van der Waals surface area contributed by atoms with Crippen molar-refractivity contribution in [2.45, 2.75) is 20.4 Å². The SMILES string of the molecule is CC(=O)OCCn1c(C)cc2cc(F)ccc21. The zero-order valence-electron chi connectivity index (χ0n) is 9.87. The number of halogens is 1. The summed E-state index contributed by atoms with van der Waals surface area (Å²) in [6.07, 6.45) is 0. The molecule has 0 unspecified atom stereocenters. The zero-order valence-corrected chi connectivity index (χ0v) is 9.87. The minimum Gasteiger partial charge on any atom is -0.464 e. The van der Waals surface area contributed by atoms with Crippen LogP contribution in [0.1, 0.15) is 12.6 Å². The van der Waals surface area contributed by atoms with Crippen LogP contribution >= 0.6 is 0 Å². The summed E-state index contributed by atoms with van der Waals surface area (Å²) in [7, 11) is 0. The molecular weight excluding hydrogens is 221 g/mol. The van der Waals surface area contributed by atoms with Gasteiger partial charge in [-0.1, -0.05) is 0 Å². The number of esters is 1. The number of ether oxygens (including phenoxy) is 1. The van der Waals surface area contributed by atoms with Gasteiger partial charge in [-0.3, -0.25) is 4.79 Å². The van der Waals surface area contributed by atoms with Gasteiger partial charge < -0.3 is 9.30 Å². The molecule has 0 fully saturated rings. The van der Waals surface area contributed by atoms with E-state index < -0.39 is 0 Å². The molecule has 0 spiro atoms. The van der Waals surface area contributed by atoms with E-state index in [1.807, 2.05) is 17.6 Å². The molecule has 17 heavy (non-hydrogen) atoms. The van der Waals surface area contributed by atoms with Crippen molar-refractivity contribution in [1.29, 1.82) is 0 Å². The highest BCUT2D eigenvalue weighted by Gasteiger charge is 2.06. The van der Waals surface area contributed by atoms with Gasteiger partial charge in [0, 0.05) is 23.5 Å². The topological polar surface area (TPSA) is 31.2 Å². The lowest BCUT2D eigenvalue weighted by molar-refractivity contribution is -0.141. The highest BCUT2D eigenvalue weighted by molar-refractivity contribution is 5.81. The summed E-state index contributed by atoms with van der Waals surface area (Å²) in [6, 6.07) is 6.60. The molecule has 90 valence electrons. The van der Waals surface area contributed by atoms with Crippen LogP contribution in [0, 0.1) is 12.7 Å². The van der Waals surface area contributed by atoms with Gasteiger partial charge >= 0.3 is 5.97 Å². The van der Waals surface area contributed by atoms with Crippen molar-refractivity contribution in [3.8, 4) is 0 Å². The highest BCUT2D eigenvalue weighted by Crippen LogP contribution is 2.20. The number of nitrogens with zero attached hydrogens (tertiary/aromatic N) is 1. The lowest BCUT2D eigenvalue weighted by atomic mass is 10.2. The molecule has 0 saturated heterocycles. The van der Waals surface area contributed by atoms with Crippen molar-refractivity contribution in [3.05, 3.63) is 35.8 Å². The Morgan fingerprint density at radius 3 is 2.88 bits per heavy atom.